The Morgan fingerprint density at radius 1 is 1.00 bits per heavy atom. The number of hydrogen-bond acceptors (Lipinski definition) is 3. The Morgan fingerprint density at radius 3 is 2.30 bits per heavy atom. The average Bonchev–Trinajstić information content (AvgIpc) is 2.69. The highest BCUT2D eigenvalue weighted by Gasteiger charge is 2.22. The summed E-state index contributed by atoms with van der Waals surface area (Å²) in [5, 5.41) is 10.1. The van der Waals surface area contributed by atoms with Crippen molar-refractivity contribution in [3.8, 4) is 22.6 Å². The second kappa shape index (κ2) is 8.60. The maximum Gasteiger partial charge on any atom is 0.345 e. The van der Waals surface area contributed by atoms with Crippen molar-refractivity contribution >= 4 is 17.6 Å². The molecule has 0 heterocycles. The van der Waals surface area contributed by atoms with E-state index in [0.717, 1.165) is 11.1 Å². The van der Waals surface area contributed by atoms with Gasteiger partial charge in [0.15, 0.2) is 6.10 Å². The molecule has 27 heavy (non-hydrogen) atoms. The molecule has 3 aromatic rings. The molecule has 0 spiro atoms. The average molecular weight is 383 g/mol. The van der Waals surface area contributed by atoms with Crippen LogP contribution in [0.1, 0.15) is 5.56 Å². The molecule has 0 fully saturated rings. The standard InChI is InChI=1S/C22H19ClO4/c1-26-20-12-9-18(23)13-17(20)14-21(22(24)25)27-19-10-7-16(8-11-19)15-5-3-2-4-6-15/h2-13,21H,14H2,1H3,(H,24,25)/t21-/m1/s1. The first kappa shape index (κ1) is 18.8. The molecule has 0 aliphatic rings. The lowest BCUT2D eigenvalue weighted by Gasteiger charge is -2.17. The highest BCUT2D eigenvalue weighted by Crippen LogP contribution is 2.26. The van der Waals surface area contributed by atoms with Crippen LogP contribution in [-0.4, -0.2) is 24.3 Å². The molecule has 0 radical (unpaired) electrons. The first-order valence-electron chi connectivity index (χ1n) is 8.44. The van der Waals surface area contributed by atoms with Crippen LogP contribution in [0.15, 0.2) is 72.8 Å². The summed E-state index contributed by atoms with van der Waals surface area (Å²) in [6, 6.07) is 22.4. The smallest absolute Gasteiger partial charge is 0.345 e. The molecule has 0 amide bonds. The van der Waals surface area contributed by atoms with Crippen molar-refractivity contribution in [1.82, 2.24) is 0 Å². The number of rotatable bonds is 7. The summed E-state index contributed by atoms with van der Waals surface area (Å²) in [4.78, 5) is 11.7. The molecule has 0 aliphatic carbocycles. The normalized spacial score (nSPS) is 11.6. The van der Waals surface area contributed by atoms with E-state index in [-0.39, 0.29) is 6.42 Å². The number of ether oxygens (including phenoxy) is 2. The van der Waals surface area contributed by atoms with Gasteiger partial charge in [-0.1, -0.05) is 54.1 Å². The van der Waals surface area contributed by atoms with Crippen LogP contribution in [0.3, 0.4) is 0 Å². The van der Waals surface area contributed by atoms with Gasteiger partial charge in [-0.25, -0.2) is 4.79 Å². The van der Waals surface area contributed by atoms with Crippen molar-refractivity contribution in [2.45, 2.75) is 12.5 Å². The fraction of sp³-hybridized carbons (Fsp3) is 0.136. The molecule has 3 rings (SSSR count). The van der Waals surface area contributed by atoms with Crippen LogP contribution in [0.4, 0.5) is 0 Å². The zero-order chi connectivity index (χ0) is 19.2. The Balaban J connectivity index is 1.77. The number of benzene rings is 3. The zero-order valence-electron chi connectivity index (χ0n) is 14.8. The van der Waals surface area contributed by atoms with Gasteiger partial charge in [0.1, 0.15) is 11.5 Å². The molecule has 138 valence electrons. The minimum absolute atomic E-state index is 0.138. The number of carboxylic acid groups (broad SMARTS) is 1. The lowest BCUT2D eigenvalue weighted by Crippen LogP contribution is -2.29. The quantitative estimate of drug-likeness (QED) is 0.618. The van der Waals surface area contributed by atoms with E-state index in [1.54, 1.807) is 30.3 Å². The Bertz CT molecular complexity index is 907. The fourth-order valence-corrected chi connectivity index (χ4v) is 3.00. The van der Waals surface area contributed by atoms with Gasteiger partial charge in [0.2, 0.25) is 0 Å². The van der Waals surface area contributed by atoms with E-state index in [2.05, 4.69) is 0 Å². The van der Waals surface area contributed by atoms with Gasteiger partial charge in [0.05, 0.1) is 7.11 Å². The van der Waals surface area contributed by atoms with Crippen LogP contribution in [0.25, 0.3) is 11.1 Å². The van der Waals surface area contributed by atoms with Crippen molar-refractivity contribution in [2.24, 2.45) is 0 Å². The first-order chi connectivity index (χ1) is 13.1. The molecule has 0 unspecified atom stereocenters. The predicted octanol–water partition coefficient (Wildman–Crippen LogP) is 5.09. The number of aliphatic carboxylic acids is 1. The summed E-state index contributed by atoms with van der Waals surface area (Å²) in [7, 11) is 1.53. The second-order valence-corrected chi connectivity index (χ2v) is 6.43. The molecule has 1 N–H and O–H groups in total. The van der Waals surface area contributed by atoms with Gasteiger partial charge in [0.25, 0.3) is 0 Å². The summed E-state index contributed by atoms with van der Waals surface area (Å²) in [5.41, 5.74) is 2.80. The molecule has 5 heteroatoms. The van der Waals surface area contributed by atoms with Crippen molar-refractivity contribution in [3.63, 3.8) is 0 Å². The van der Waals surface area contributed by atoms with Crippen LogP contribution in [0.2, 0.25) is 5.02 Å². The minimum Gasteiger partial charge on any atom is -0.496 e. The molecule has 1 atom stereocenters. The Morgan fingerprint density at radius 2 is 1.67 bits per heavy atom. The van der Waals surface area contributed by atoms with Gasteiger partial charge in [-0.2, -0.15) is 0 Å². The van der Waals surface area contributed by atoms with Gasteiger partial charge in [-0.15, -0.1) is 0 Å². The largest absolute Gasteiger partial charge is 0.496 e. The van der Waals surface area contributed by atoms with Gasteiger partial charge in [-0.05, 0) is 47.0 Å². The molecular formula is C22H19ClO4. The van der Waals surface area contributed by atoms with Crippen LogP contribution in [0.5, 0.6) is 11.5 Å². The third kappa shape index (κ3) is 4.80. The number of halogens is 1. The molecule has 0 aromatic heterocycles. The Kier molecular flexibility index (Phi) is 5.99. The summed E-state index contributed by atoms with van der Waals surface area (Å²) >= 11 is 6.03. The summed E-state index contributed by atoms with van der Waals surface area (Å²) < 4.78 is 11.0. The molecule has 0 bridgehead atoms. The van der Waals surface area contributed by atoms with E-state index in [1.165, 1.54) is 7.11 Å². The molecule has 0 saturated heterocycles. The van der Waals surface area contributed by atoms with Crippen molar-refractivity contribution in [3.05, 3.63) is 83.4 Å². The molecule has 0 saturated carbocycles. The highest BCUT2D eigenvalue weighted by atomic mass is 35.5. The van der Waals surface area contributed by atoms with Gasteiger partial charge >= 0.3 is 5.97 Å². The number of carbonyl (C=O) groups is 1. The van der Waals surface area contributed by atoms with Crippen LogP contribution < -0.4 is 9.47 Å². The summed E-state index contributed by atoms with van der Waals surface area (Å²) in [5.74, 6) is 0.0147. The highest BCUT2D eigenvalue weighted by molar-refractivity contribution is 6.30. The molecule has 4 nitrogen and oxygen atoms in total. The third-order valence-electron chi connectivity index (χ3n) is 4.16. The summed E-state index contributed by atoms with van der Waals surface area (Å²) in [6.45, 7) is 0. The van der Waals surface area contributed by atoms with Crippen molar-refractivity contribution in [1.29, 1.82) is 0 Å². The van der Waals surface area contributed by atoms with E-state index in [0.29, 0.717) is 22.1 Å². The minimum atomic E-state index is -1.06. The maximum absolute atomic E-state index is 11.7. The fourth-order valence-electron chi connectivity index (χ4n) is 2.81. The number of methoxy groups -OCH3 is 1. The maximum atomic E-state index is 11.7. The van der Waals surface area contributed by atoms with E-state index in [1.807, 2.05) is 42.5 Å². The molecular weight excluding hydrogens is 364 g/mol. The van der Waals surface area contributed by atoms with Crippen LogP contribution in [-0.2, 0) is 11.2 Å². The number of carboxylic acids is 1. The van der Waals surface area contributed by atoms with Crippen molar-refractivity contribution < 1.29 is 19.4 Å². The molecule has 0 aliphatic heterocycles. The van der Waals surface area contributed by atoms with Gasteiger partial charge < -0.3 is 14.6 Å². The van der Waals surface area contributed by atoms with E-state index < -0.39 is 12.1 Å². The first-order valence-corrected chi connectivity index (χ1v) is 8.82. The van der Waals surface area contributed by atoms with E-state index >= 15 is 0 Å². The molecule has 3 aromatic carbocycles. The topological polar surface area (TPSA) is 55.8 Å². The Hall–Kier alpha value is -2.98. The van der Waals surface area contributed by atoms with E-state index in [9.17, 15) is 9.90 Å². The van der Waals surface area contributed by atoms with E-state index in [4.69, 9.17) is 21.1 Å². The second-order valence-electron chi connectivity index (χ2n) is 6.00. The van der Waals surface area contributed by atoms with Gasteiger partial charge in [0, 0.05) is 11.4 Å². The number of hydrogen-bond donors (Lipinski definition) is 1. The van der Waals surface area contributed by atoms with Crippen LogP contribution in [0, 0.1) is 0 Å². The monoisotopic (exact) mass is 382 g/mol. The lowest BCUT2D eigenvalue weighted by molar-refractivity contribution is -0.145. The van der Waals surface area contributed by atoms with Gasteiger partial charge in [-0.3, -0.25) is 0 Å². The predicted molar refractivity (Wildman–Crippen MR) is 106 cm³/mol. The Labute approximate surface area is 162 Å². The van der Waals surface area contributed by atoms with Crippen LogP contribution >= 0.6 is 11.6 Å². The summed E-state index contributed by atoms with van der Waals surface area (Å²) in [6.07, 6.45) is -0.917. The van der Waals surface area contributed by atoms with Crippen molar-refractivity contribution in [2.75, 3.05) is 7.11 Å². The third-order valence-corrected chi connectivity index (χ3v) is 4.40. The SMILES string of the molecule is COc1ccc(Cl)cc1C[C@@H](Oc1ccc(-c2ccccc2)cc1)C(=O)O. The zero-order valence-corrected chi connectivity index (χ0v) is 15.5. The lowest BCUT2D eigenvalue weighted by atomic mass is 10.1.